The largest absolute Gasteiger partial charge is 0.399 e. The molecule has 1 saturated heterocycles. The number of morpholine rings is 1. The molecule has 2 heterocycles. The van der Waals surface area contributed by atoms with Gasteiger partial charge in [0.15, 0.2) is 0 Å². The summed E-state index contributed by atoms with van der Waals surface area (Å²) in [6.07, 6.45) is 0.476. The number of fused-ring (bicyclic) bond motifs is 1. The van der Waals surface area contributed by atoms with Crippen molar-refractivity contribution in [3.8, 4) is 0 Å². The van der Waals surface area contributed by atoms with Crippen LogP contribution >= 0.6 is 0 Å². The summed E-state index contributed by atoms with van der Waals surface area (Å²) < 4.78 is 5.33. The number of nitrogen functional groups attached to an aromatic ring is 1. The SMILES string of the molecule is Nc1ccc2c(c1)CC(=O)N2CCN1CCOCC1. The number of hydrogen-bond acceptors (Lipinski definition) is 4. The van der Waals surface area contributed by atoms with Gasteiger partial charge in [0.2, 0.25) is 5.91 Å². The van der Waals surface area contributed by atoms with Gasteiger partial charge in [0, 0.05) is 37.6 Å². The van der Waals surface area contributed by atoms with Crippen molar-refractivity contribution in [3.63, 3.8) is 0 Å². The summed E-state index contributed by atoms with van der Waals surface area (Å²) in [4.78, 5) is 16.3. The fraction of sp³-hybridized carbons (Fsp3) is 0.500. The minimum Gasteiger partial charge on any atom is -0.399 e. The summed E-state index contributed by atoms with van der Waals surface area (Å²) in [5.41, 5.74) is 8.55. The van der Waals surface area contributed by atoms with E-state index < -0.39 is 0 Å². The van der Waals surface area contributed by atoms with Gasteiger partial charge >= 0.3 is 0 Å². The van der Waals surface area contributed by atoms with Crippen molar-refractivity contribution in [2.24, 2.45) is 0 Å². The first-order valence-electron chi connectivity index (χ1n) is 6.73. The molecule has 1 fully saturated rings. The molecule has 3 rings (SSSR count). The average Bonchev–Trinajstić information content (AvgIpc) is 2.72. The zero-order valence-electron chi connectivity index (χ0n) is 11.0. The summed E-state index contributed by atoms with van der Waals surface area (Å²) in [5, 5.41) is 0. The Morgan fingerprint density at radius 3 is 2.79 bits per heavy atom. The average molecular weight is 261 g/mol. The van der Waals surface area contributed by atoms with E-state index in [2.05, 4.69) is 4.90 Å². The quantitative estimate of drug-likeness (QED) is 0.805. The predicted molar refractivity (Wildman–Crippen MR) is 74.2 cm³/mol. The molecule has 2 aliphatic rings. The molecule has 0 aliphatic carbocycles. The predicted octanol–water partition coefficient (Wildman–Crippen LogP) is 0.490. The molecule has 1 aromatic carbocycles. The molecule has 19 heavy (non-hydrogen) atoms. The monoisotopic (exact) mass is 261 g/mol. The summed E-state index contributed by atoms with van der Waals surface area (Å²) in [6, 6.07) is 5.72. The van der Waals surface area contributed by atoms with Gasteiger partial charge in [0.25, 0.3) is 0 Å². The minimum absolute atomic E-state index is 0.175. The molecule has 2 aliphatic heterocycles. The van der Waals surface area contributed by atoms with Gasteiger partial charge in [0.1, 0.15) is 0 Å². The molecular weight excluding hydrogens is 242 g/mol. The van der Waals surface area contributed by atoms with Crippen LogP contribution in [0.25, 0.3) is 0 Å². The maximum absolute atomic E-state index is 12.1. The molecule has 0 radical (unpaired) electrons. The Labute approximate surface area is 112 Å². The van der Waals surface area contributed by atoms with Crippen molar-refractivity contribution in [1.82, 2.24) is 4.90 Å². The van der Waals surface area contributed by atoms with Gasteiger partial charge < -0.3 is 15.4 Å². The number of benzene rings is 1. The third-order valence-electron chi connectivity index (χ3n) is 3.78. The van der Waals surface area contributed by atoms with Crippen molar-refractivity contribution >= 4 is 17.3 Å². The second kappa shape index (κ2) is 5.19. The minimum atomic E-state index is 0.175. The zero-order chi connectivity index (χ0) is 13.2. The van der Waals surface area contributed by atoms with Gasteiger partial charge in [-0.25, -0.2) is 0 Å². The molecule has 0 aromatic heterocycles. The number of carbonyl (C=O) groups excluding carboxylic acids is 1. The highest BCUT2D eigenvalue weighted by Gasteiger charge is 2.27. The second-order valence-electron chi connectivity index (χ2n) is 5.06. The maximum Gasteiger partial charge on any atom is 0.231 e. The van der Waals surface area contributed by atoms with Crippen LogP contribution in [0.4, 0.5) is 11.4 Å². The molecule has 0 spiro atoms. The number of hydrogen-bond donors (Lipinski definition) is 1. The highest BCUT2D eigenvalue weighted by atomic mass is 16.5. The van der Waals surface area contributed by atoms with Crippen LogP contribution in [-0.2, 0) is 16.0 Å². The molecule has 5 heteroatoms. The summed E-state index contributed by atoms with van der Waals surface area (Å²) in [5.74, 6) is 0.175. The van der Waals surface area contributed by atoms with Gasteiger partial charge in [-0.3, -0.25) is 9.69 Å². The number of rotatable bonds is 3. The third kappa shape index (κ3) is 2.57. The van der Waals surface area contributed by atoms with Crippen LogP contribution < -0.4 is 10.6 Å². The molecule has 0 saturated carbocycles. The van der Waals surface area contributed by atoms with E-state index in [4.69, 9.17) is 10.5 Å². The lowest BCUT2D eigenvalue weighted by molar-refractivity contribution is -0.117. The Morgan fingerprint density at radius 2 is 2.00 bits per heavy atom. The van der Waals surface area contributed by atoms with Gasteiger partial charge in [-0.05, 0) is 23.8 Å². The lowest BCUT2D eigenvalue weighted by Crippen LogP contribution is -2.42. The Balaban J connectivity index is 1.66. The Hall–Kier alpha value is -1.59. The van der Waals surface area contributed by atoms with E-state index in [1.54, 1.807) is 0 Å². The van der Waals surface area contributed by atoms with E-state index >= 15 is 0 Å². The van der Waals surface area contributed by atoms with E-state index in [1.807, 2.05) is 23.1 Å². The van der Waals surface area contributed by atoms with E-state index in [9.17, 15) is 4.79 Å². The lowest BCUT2D eigenvalue weighted by Gasteiger charge is -2.28. The molecule has 0 bridgehead atoms. The summed E-state index contributed by atoms with van der Waals surface area (Å²) in [6.45, 7) is 5.14. The number of nitrogens with zero attached hydrogens (tertiary/aromatic N) is 2. The standard InChI is InChI=1S/C14H19N3O2/c15-12-1-2-13-11(9-12)10-14(18)17(13)4-3-16-5-7-19-8-6-16/h1-2,9H,3-8,10,15H2. The number of amides is 1. The molecule has 5 nitrogen and oxygen atoms in total. The van der Waals surface area contributed by atoms with Crippen molar-refractivity contribution in [2.45, 2.75) is 6.42 Å². The number of anilines is 2. The van der Waals surface area contributed by atoms with E-state index in [-0.39, 0.29) is 5.91 Å². The smallest absolute Gasteiger partial charge is 0.231 e. The molecule has 0 unspecified atom stereocenters. The molecule has 2 N–H and O–H groups in total. The zero-order valence-corrected chi connectivity index (χ0v) is 11.0. The van der Waals surface area contributed by atoms with Crippen LogP contribution in [0.2, 0.25) is 0 Å². The third-order valence-corrected chi connectivity index (χ3v) is 3.78. The Bertz CT molecular complexity index is 484. The van der Waals surface area contributed by atoms with Crippen LogP contribution in [0.1, 0.15) is 5.56 Å². The van der Waals surface area contributed by atoms with Crippen LogP contribution in [0, 0.1) is 0 Å². The van der Waals surface area contributed by atoms with E-state index in [0.717, 1.165) is 56.3 Å². The molecule has 0 atom stereocenters. The van der Waals surface area contributed by atoms with Crippen LogP contribution in [-0.4, -0.2) is 50.2 Å². The van der Waals surface area contributed by atoms with Crippen molar-refractivity contribution in [2.75, 3.05) is 50.0 Å². The highest BCUT2D eigenvalue weighted by Crippen LogP contribution is 2.30. The Morgan fingerprint density at radius 1 is 1.21 bits per heavy atom. The van der Waals surface area contributed by atoms with Crippen molar-refractivity contribution in [3.05, 3.63) is 23.8 Å². The summed E-state index contributed by atoms with van der Waals surface area (Å²) >= 11 is 0. The topological polar surface area (TPSA) is 58.8 Å². The maximum atomic E-state index is 12.1. The van der Waals surface area contributed by atoms with Gasteiger partial charge in [-0.2, -0.15) is 0 Å². The van der Waals surface area contributed by atoms with Crippen LogP contribution in [0.15, 0.2) is 18.2 Å². The molecule has 1 amide bonds. The number of nitrogens with two attached hydrogens (primary N) is 1. The van der Waals surface area contributed by atoms with Crippen molar-refractivity contribution in [1.29, 1.82) is 0 Å². The van der Waals surface area contributed by atoms with Crippen LogP contribution in [0.5, 0.6) is 0 Å². The molecular formula is C14H19N3O2. The number of carbonyl (C=O) groups is 1. The van der Waals surface area contributed by atoms with E-state index in [0.29, 0.717) is 6.42 Å². The normalized spacial score (nSPS) is 19.8. The first kappa shape index (κ1) is 12.4. The Kier molecular flexibility index (Phi) is 3.40. The second-order valence-corrected chi connectivity index (χ2v) is 5.06. The number of ether oxygens (including phenoxy) is 1. The van der Waals surface area contributed by atoms with Crippen LogP contribution in [0.3, 0.4) is 0 Å². The molecule has 1 aromatic rings. The first-order chi connectivity index (χ1) is 9.24. The van der Waals surface area contributed by atoms with Crippen molar-refractivity contribution < 1.29 is 9.53 Å². The van der Waals surface area contributed by atoms with Gasteiger partial charge in [-0.1, -0.05) is 0 Å². The fourth-order valence-electron chi connectivity index (χ4n) is 2.71. The lowest BCUT2D eigenvalue weighted by atomic mass is 10.1. The first-order valence-corrected chi connectivity index (χ1v) is 6.73. The van der Waals surface area contributed by atoms with Gasteiger partial charge in [-0.15, -0.1) is 0 Å². The van der Waals surface area contributed by atoms with E-state index in [1.165, 1.54) is 0 Å². The fourth-order valence-corrected chi connectivity index (χ4v) is 2.71. The van der Waals surface area contributed by atoms with Gasteiger partial charge in [0.05, 0.1) is 19.6 Å². The highest BCUT2D eigenvalue weighted by molar-refractivity contribution is 6.01. The summed E-state index contributed by atoms with van der Waals surface area (Å²) in [7, 11) is 0. The molecule has 102 valence electrons.